The fourth-order valence-electron chi connectivity index (χ4n) is 5.32. The van der Waals surface area contributed by atoms with Gasteiger partial charge in [0.2, 0.25) is 5.28 Å². The monoisotopic (exact) mass is 582 g/mol. The van der Waals surface area contributed by atoms with Gasteiger partial charge in [-0.05, 0) is 67.8 Å². The van der Waals surface area contributed by atoms with Crippen LogP contribution in [0.1, 0.15) is 48.0 Å². The van der Waals surface area contributed by atoms with Crippen molar-refractivity contribution in [2.24, 2.45) is 0 Å². The van der Waals surface area contributed by atoms with Crippen molar-refractivity contribution < 1.29 is 26.3 Å². The van der Waals surface area contributed by atoms with E-state index in [1.165, 1.54) is 24.3 Å². The van der Waals surface area contributed by atoms with E-state index < -0.39 is 29.5 Å². The van der Waals surface area contributed by atoms with Crippen molar-refractivity contribution >= 4 is 22.8 Å². The summed E-state index contributed by atoms with van der Waals surface area (Å²) in [5, 5.41) is 2.17. The summed E-state index contributed by atoms with van der Waals surface area (Å²) in [6.07, 6.45) is -7.47. The first-order valence-corrected chi connectivity index (χ1v) is 12.9. The van der Waals surface area contributed by atoms with Crippen molar-refractivity contribution in [3.63, 3.8) is 0 Å². The number of hydrogen-bond acceptors (Lipinski definition) is 5. The molecule has 3 heterocycles. The number of halogens is 7. The van der Waals surface area contributed by atoms with Gasteiger partial charge in [-0.15, -0.1) is 0 Å². The first-order chi connectivity index (χ1) is 18.7. The van der Waals surface area contributed by atoms with Gasteiger partial charge in [0.15, 0.2) is 5.65 Å². The van der Waals surface area contributed by atoms with E-state index in [1.54, 1.807) is 6.20 Å². The Morgan fingerprint density at radius 3 is 1.82 bits per heavy atom. The molecule has 13 heteroatoms. The van der Waals surface area contributed by atoms with E-state index >= 15 is 0 Å². The average Bonchev–Trinajstić information content (AvgIpc) is 3.20. The predicted molar refractivity (Wildman–Crippen MR) is 139 cm³/mol. The maximum absolute atomic E-state index is 13.3. The van der Waals surface area contributed by atoms with Crippen LogP contribution < -0.4 is 5.01 Å². The summed E-state index contributed by atoms with van der Waals surface area (Å²) < 4.78 is 81.5. The first-order valence-electron chi connectivity index (χ1n) is 12.5. The van der Waals surface area contributed by atoms with Crippen LogP contribution in [0, 0.1) is 6.92 Å². The second-order valence-electron chi connectivity index (χ2n) is 9.98. The van der Waals surface area contributed by atoms with Crippen LogP contribution in [-0.2, 0) is 12.4 Å². The standard InChI is InChI=1S/C27H25ClF6N6/c1-15-14-39(40-17(3)36-22-12-35-25(28)37-24(22)40)16(2)13-38(15)23(18-4-8-20(9-5-18)26(29,30)31)19-6-10-21(11-7-19)27(32,33)34/h4-12,15-16,23H,13-14H2,1-3H3/t15-,16+/m1/s1. The highest BCUT2D eigenvalue weighted by molar-refractivity contribution is 6.28. The zero-order chi connectivity index (χ0) is 29.0. The Kier molecular flexibility index (Phi) is 7.20. The smallest absolute Gasteiger partial charge is 0.304 e. The molecule has 1 aliphatic rings. The highest BCUT2D eigenvalue weighted by Gasteiger charge is 2.38. The molecule has 2 atom stereocenters. The van der Waals surface area contributed by atoms with Crippen molar-refractivity contribution in [2.75, 3.05) is 18.1 Å². The van der Waals surface area contributed by atoms with E-state index in [4.69, 9.17) is 11.6 Å². The zero-order valence-electron chi connectivity index (χ0n) is 21.7. The van der Waals surface area contributed by atoms with Gasteiger partial charge in [0.25, 0.3) is 0 Å². The summed E-state index contributed by atoms with van der Waals surface area (Å²) in [6.45, 7) is 6.73. The normalized spacial score (nSPS) is 19.1. The number of nitrogens with zero attached hydrogens (tertiary/aromatic N) is 6. The van der Waals surface area contributed by atoms with Crippen LogP contribution in [0.5, 0.6) is 0 Å². The van der Waals surface area contributed by atoms with Gasteiger partial charge in [0.1, 0.15) is 11.3 Å². The largest absolute Gasteiger partial charge is 0.416 e. The van der Waals surface area contributed by atoms with Crippen LogP contribution in [0.4, 0.5) is 26.3 Å². The van der Waals surface area contributed by atoms with Gasteiger partial charge >= 0.3 is 12.4 Å². The Morgan fingerprint density at radius 2 is 1.32 bits per heavy atom. The van der Waals surface area contributed by atoms with Gasteiger partial charge in [0.05, 0.1) is 36.0 Å². The van der Waals surface area contributed by atoms with Gasteiger partial charge in [-0.25, -0.2) is 14.6 Å². The Balaban J connectivity index is 1.52. The number of imidazole rings is 1. The molecule has 1 saturated heterocycles. The van der Waals surface area contributed by atoms with Crippen LogP contribution in [-0.4, -0.2) is 49.7 Å². The van der Waals surface area contributed by atoms with Crippen molar-refractivity contribution in [1.29, 1.82) is 0 Å². The number of fused-ring (bicyclic) bond motifs is 1. The fourth-order valence-corrected chi connectivity index (χ4v) is 5.45. The lowest BCUT2D eigenvalue weighted by molar-refractivity contribution is -0.138. The lowest BCUT2D eigenvalue weighted by atomic mass is 9.92. The van der Waals surface area contributed by atoms with E-state index in [2.05, 4.69) is 24.9 Å². The lowest BCUT2D eigenvalue weighted by Gasteiger charge is -2.48. The van der Waals surface area contributed by atoms with Crippen molar-refractivity contribution in [3.8, 4) is 0 Å². The third-order valence-electron chi connectivity index (χ3n) is 7.21. The van der Waals surface area contributed by atoms with Crippen LogP contribution in [0.25, 0.3) is 11.2 Å². The minimum Gasteiger partial charge on any atom is -0.304 e. The number of hydrogen-bond donors (Lipinski definition) is 0. The molecule has 4 aromatic rings. The SMILES string of the molecule is Cc1nc2cnc(Cl)nc2n1N1C[C@@H](C)N(C(c2ccc(C(F)(F)F)cc2)c2ccc(C(F)(F)F)cc2)C[C@@H]1C. The third-order valence-corrected chi connectivity index (χ3v) is 7.39. The lowest BCUT2D eigenvalue weighted by Crippen LogP contribution is -2.61. The minimum atomic E-state index is -4.51. The first kappa shape index (κ1) is 28.2. The Bertz CT molecular complexity index is 1440. The molecule has 0 spiro atoms. The minimum absolute atomic E-state index is 0.0812. The van der Waals surface area contributed by atoms with E-state index in [0.717, 1.165) is 24.3 Å². The van der Waals surface area contributed by atoms with Crippen LogP contribution in [0.15, 0.2) is 54.7 Å². The molecule has 0 saturated carbocycles. The molecule has 40 heavy (non-hydrogen) atoms. The molecule has 0 amide bonds. The molecular weight excluding hydrogens is 558 g/mol. The summed E-state index contributed by atoms with van der Waals surface area (Å²) in [5.74, 6) is 0.682. The number of rotatable bonds is 4. The van der Waals surface area contributed by atoms with Gasteiger partial charge in [0, 0.05) is 12.6 Å². The summed E-state index contributed by atoms with van der Waals surface area (Å²) in [6, 6.07) is 8.69. The molecule has 212 valence electrons. The number of piperazine rings is 1. The van der Waals surface area contributed by atoms with E-state index in [-0.39, 0.29) is 17.4 Å². The van der Waals surface area contributed by atoms with Gasteiger partial charge in [-0.3, -0.25) is 4.90 Å². The number of alkyl halides is 6. The number of benzene rings is 2. The highest BCUT2D eigenvalue weighted by atomic mass is 35.5. The Morgan fingerprint density at radius 1 is 0.800 bits per heavy atom. The summed E-state index contributed by atoms with van der Waals surface area (Å²) in [7, 11) is 0. The van der Waals surface area contributed by atoms with E-state index in [1.807, 2.05) is 25.4 Å². The van der Waals surface area contributed by atoms with Crippen LogP contribution >= 0.6 is 11.6 Å². The third kappa shape index (κ3) is 5.34. The van der Waals surface area contributed by atoms with Crippen molar-refractivity contribution in [2.45, 2.75) is 51.2 Å². The Hall–Kier alpha value is -3.38. The topological polar surface area (TPSA) is 50.1 Å². The number of aromatic nitrogens is 4. The molecular formula is C27H25ClF6N6. The quantitative estimate of drug-likeness (QED) is 0.199. The Labute approximate surface area is 231 Å². The highest BCUT2D eigenvalue weighted by Crippen LogP contribution is 2.37. The maximum Gasteiger partial charge on any atom is 0.416 e. The summed E-state index contributed by atoms with van der Waals surface area (Å²) in [4.78, 5) is 15.0. The zero-order valence-corrected chi connectivity index (χ0v) is 22.4. The van der Waals surface area contributed by atoms with Crippen LogP contribution in [0.3, 0.4) is 0 Å². The van der Waals surface area contributed by atoms with Gasteiger partial charge in [-0.2, -0.15) is 31.3 Å². The molecule has 1 aliphatic heterocycles. The molecule has 0 aliphatic carbocycles. The second kappa shape index (κ2) is 10.2. The summed E-state index contributed by atoms with van der Waals surface area (Å²) in [5.41, 5.74) is 0.630. The molecule has 2 aromatic heterocycles. The van der Waals surface area contributed by atoms with Crippen molar-refractivity contribution in [1.82, 2.24) is 24.5 Å². The molecule has 6 nitrogen and oxygen atoms in total. The van der Waals surface area contributed by atoms with E-state index in [9.17, 15) is 26.3 Å². The number of aryl methyl sites for hydroxylation is 1. The predicted octanol–water partition coefficient (Wildman–Crippen LogP) is 6.65. The summed E-state index contributed by atoms with van der Waals surface area (Å²) >= 11 is 6.05. The molecule has 5 rings (SSSR count). The molecule has 0 radical (unpaired) electrons. The second-order valence-corrected chi connectivity index (χ2v) is 10.3. The maximum atomic E-state index is 13.3. The molecule has 1 fully saturated rings. The van der Waals surface area contributed by atoms with E-state index in [0.29, 0.717) is 41.2 Å². The average molecular weight is 583 g/mol. The van der Waals surface area contributed by atoms with Gasteiger partial charge in [-0.1, -0.05) is 24.3 Å². The van der Waals surface area contributed by atoms with Gasteiger partial charge < -0.3 is 5.01 Å². The molecule has 2 aromatic carbocycles. The molecule has 0 unspecified atom stereocenters. The van der Waals surface area contributed by atoms with Crippen molar-refractivity contribution in [3.05, 3.63) is 88.1 Å². The fraction of sp³-hybridized carbons (Fsp3) is 0.370. The molecule has 0 N–H and O–H groups in total. The van der Waals surface area contributed by atoms with Crippen LogP contribution in [0.2, 0.25) is 5.28 Å². The molecule has 0 bridgehead atoms.